The number of amides is 1. The smallest absolute Gasteiger partial charge is 0.223 e. The molecule has 2 aliphatic carbocycles. The number of piperidine rings is 1. The van der Waals surface area contributed by atoms with Gasteiger partial charge in [0.2, 0.25) is 11.9 Å². The normalized spacial score (nSPS) is 27.9. The van der Waals surface area contributed by atoms with Crippen molar-refractivity contribution in [3.63, 3.8) is 0 Å². The minimum Gasteiger partial charge on any atom is -0.349 e. The Morgan fingerprint density at radius 3 is 2.61 bits per heavy atom. The average Bonchev–Trinajstić information content (AvgIpc) is 3.42. The van der Waals surface area contributed by atoms with E-state index in [1.807, 2.05) is 0 Å². The van der Waals surface area contributed by atoms with Crippen LogP contribution in [-0.2, 0) is 4.79 Å². The first-order valence-corrected chi connectivity index (χ1v) is 13.9. The summed E-state index contributed by atoms with van der Waals surface area (Å²) < 4.78 is 15.9. The zero-order valence-electron chi connectivity index (χ0n) is 22.4. The van der Waals surface area contributed by atoms with Crippen LogP contribution < -0.4 is 5.32 Å². The third-order valence-electron chi connectivity index (χ3n) is 9.40. The van der Waals surface area contributed by atoms with E-state index < -0.39 is 5.95 Å². The molecular weight excluding hydrogens is 455 g/mol. The Bertz CT molecular complexity index is 1080. The fourth-order valence-corrected chi connectivity index (χ4v) is 7.40. The van der Waals surface area contributed by atoms with Crippen LogP contribution in [0.15, 0.2) is 18.3 Å². The Morgan fingerprint density at radius 2 is 2.00 bits per heavy atom. The maximum Gasteiger partial charge on any atom is 0.223 e. The second-order valence-electron chi connectivity index (χ2n) is 11.5. The number of pyridine rings is 1. The molecule has 5 atom stereocenters. The summed E-state index contributed by atoms with van der Waals surface area (Å²) in [5, 5.41) is 12.2. The van der Waals surface area contributed by atoms with Crippen molar-refractivity contribution in [1.82, 2.24) is 30.0 Å². The number of rotatable bonds is 10. The molecule has 0 bridgehead atoms. The Hall–Kier alpha value is -2.35. The molecule has 5 unspecified atom stereocenters. The third-order valence-corrected chi connectivity index (χ3v) is 9.40. The number of nitrogens with one attached hydrogen (secondary N) is 1. The van der Waals surface area contributed by atoms with Gasteiger partial charge in [-0.1, -0.05) is 33.8 Å². The van der Waals surface area contributed by atoms with E-state index >= 15 is 0 Å². The topological polar surface area (TPSA) is 75.9 Å². The van der Waals surface area contributed by atoms with E-state index in [-0.39, 0.29) is 17.9 Å². The largest absolute Gasteiger partial charge is 0.349 e. The molecule has 2 aromatic rings. The molecule has 0 aromatic carbocycles. The number of nitrogens with zero attached hydrogens (tertiary/aromatic N) is 5. The number of hydrogen-bond donors (Lipinski definition) is 1. The summed E-state index contributed by atoms with van der Waals surface area (Å²) in [5.74, 6) is 2.08. The summed E-state index contributed by atoms with van der Waals surface area (Å²) in [7, 11) is 0. The van der Waals surface area contributed by atoms with Crippen molar-refractivity contribution < 1.29 is 9.18 Å². The molecule has 1 spiro atoms. The summed E-state index contributed by atoms with van der Waals surface area (Å²) in [5.41, 5.74) is 1.31. The van der Waals surface area contributed by atoms with E-state index in [2.05, 4.69) is 64.6 Å². The van der Waals surface area contributed by atoms with Gasteiger partial charge in [-0.15, -0.1) is 10.2 Å². The van der Waals surface area contributed by atoms with E-state index in [1.165, 1.54) is 25.3 Å². The number of likely N-dealkylation sites (tertiary alicyclic amines) is 1. The molecule has 0 radical (unpaired) electrons. The van der Waals surface area contributed by atoms with Crippen LogP contribution in [-0.4, -0.2) is 49.2 Å². The van der Waals surface area contributed by atoms with E-state index in [9.17, 15) is 9.18 Å². The Morgan fingerprint density at radius 1 is 1.22 bits per heavy atom. The first-order chi connectivity index (χ1) is 17.3. The van der Waals surface area contributed by atoms with Gasteiger partial charge in [0.25, 0.3) is 0 Å². The highest BCUT2D eigenvalue weighted by atomic mass is 19.1. The Balaban J connectivity index is 1.30. The van der Waals surface area contributed by atoms with Crippen LogP contribution in [0.2, 0.25) is 0 Å². The zero-order chi connectivity index (χ0) is 25.6. The predicted molar refractivity (Wildman–Crippen MR) is 137 cm³/mol. The summed E-state index contributed by atoms with van der Waals surface area (Å²) in [6, 6.07) is 4.66. The molecule has 1 aliphatic heterocycles. The minimum atomic E-state index is -0.493. The van der Waals surface area contributed by atoms with Gasteiger partial charge in [-0.25, -0.2) is 4.98 Å². The van der Waals surface area contributed by atoms with Crippen molar-refractivity contribution in [3.8, 4) is 0 Å². The van der Waals surface area contributed by atoms with Gasteiger partial charge in [-0.2, -0.15) is 4.39 Å². The molecular formula is C28H41FN6O. The Kier molecular flexibility index (Phi) is 6.92. The lowest BCUT2D eigenvalue weighted by molar-refractivity contribution is -0.188. The number of aromatic nitrogens is 4. The first-order valence-electron chi connectivity index (χ1n) is 13.9. The minimum absolute atomic E-state index is 0.00182. The number of carbonyl (C=O) groups excluding carboxylic acids is 1. The molecule has 3 heterocycles. The molecule has 2 aromatic heterocycles. The predicted octanol–water partition coefficient (Wildman–Crippen LogP) is 5.10. The highest BCUT2D eigenvalue weighted by molar-refractivity contribution is 5.79. The maximum absolute atomic E-state index is 13.5. The van der Waals surface area contributed by atoms with Crippen molar-refractivity contribution in [2.24, 2.45) is 11.3 Å². The fraction of sp³-hybridized carbons (Fsp3) is 0.714. The SMILES string of the molecule is CCC(CC)C(=O)NC(CCN1C2CCC23CC(n2c(C)nnc2C(C)C)CC13)c1ccc(F)nc1. The van der Waals surface area contributed by atoms with Gasteiger partial charge in [0.15, 0.2) is 0 Å². The van der Waals surface area contributed by atoms with Gasteiger partial charge < -0.3 is 9.88 Å². The van der Waals surface area contributed by atoms with Crippen molar-refractivity contribution in [2.75, 3.05) is 6.54 Å². The maximum atomic E-state index is 13.5. The first kappa shape index (κ1) is 25.3. The second-order valence-corrected chi connectivity index (χ2v) is 11.5. The standard InChI is InChI=1S/C28H41FN6O/c1-6-19(7-2)27(36)31-22(20-8-9-25(29)30-16-20)11-13-34-23-10-12-28(23)15-21(14-24(28)34)35-18(5)32-33-26(35)17(3)4/h8-9,16-17,19,21-24H,6-7,10-15H2,1-5H3,(H,31,36). The van der Waals surface area contributed by atoms with Crippen LogP contribution in [0.4, 0.5) is 4.39 Å². The summed E-state index contributed by atoms with van der Waals surface area (Å²) in [6.45, 7) is 11.5. The number of carbonyl (C=O) groups is 1. The van der Waals surface area contributed by atoms with Crippen molar-refractivity contribution >= 4 is 5.91 Å². The summed E-state index contributed by atoms with van der Waals surface area (Å²) in [4.78, 5) is 19.5. The number of halogens is 1. The zero-order valence-corrected chi connectivity index (χ0v) is 22.4. The lowest BCUT2D eigenvalue weighted by Crippen LogP contribution is -2.74. The van der Waals surface area contributed by atoms with Gasteiger partial charge in [0.1, 0.15) is 11.6 Å². The lowest BCUT2D eigenvalue weighted by atomic mass is 9.53. The van der Waals surface area contributed by atoms with Gasteiger partial charge >= 0.3 is 0 Å². The van der Waals surface area contributed by atoms with Crippen LogP contribution in [0.1, 0.15) is 108 Å². The molecule has 1 amide bonds. The van der Waals surface area contributed by atoms with Gasteiger partial charge in [0.05, 0.1) is 6.04 Å². The molecule has 1 N–H and O–H groups in total. The van der Waals surface area contributed by atoms with E-state index in [4.69, 9.17) is 0 Å². The number of hydrogen-bond acceptors (Lipinski definition) is 5. The van der Waals surface area contributed by atoms with Crippen LogP contribution in [0, 0.1) is 24.2 Å². The molecule has 8 heteroatoms. The van der Waals surface area contributed by atoms with Crippen LogP contribution in [0.3, 0.4) is 0 Å². The molecule has 5 rings (SSSR count). The van der Waals surface area contributed by atoms with Gasteiger partial charge in [-0.3, -0.25) is 9.69 Å². The quantitative estimate of drug-likeness (QED) is 0.464. The molecule has 7 nitrogen and oxygen atoms in total. The van der Waals surface area contributed by atoms with Crippen molar-refractivity contribution in [2.45, 2.75) is 110 Å². The van der Waals surface area contributed by atoms with E-state index in [0.717, 1.165) is 49.4 Å². The monoisotopic (exact) mass is 496 g/mol. The van der Waals surface area contributed by atoms with E-state index in [0.29, 0.717) is 29.5 Å². The Labute approximate surface area is 214 Å². The molecule has 1 saturated heterocycles. The lowest BCUT2D eigenvalue weighted by Gasteiger charge is -2.68. The fourth-order valence-electron chi connectivity index (χ4n) is 7.40. The van der Waals surface area contributed by atoms with E-state index in [1.54, 1.807) is 12.3 Å². The summed E-state index contributed by atoms with van der Waals surface area (Å²) >= 11 is 0. The average molecular weight is 497 g/mol. The highest BCUT2D eigenvalue weighted by Gasteiger charge is 2.69. The molecule has 3 aliphatic rings. The second kappa shape index (κ2) is 9.84. The highest BCUT2D eigenvalue weighted by Crippen LogP contribution is 2.67. The molecule has 196 valence electrons. The molecule has 36 heavy (non-hydrogen) atoms. The van der Waals surface area contributed by atoms with Crippen molar-refractivity contribution in [1.29, 1.82) is 0 Å². The van der Waals surface area contributed by atoms with Crippen LogP contribution in [0.25, 0.3) is 0 Å². The summed E-state index contributed by atoms with van der Waals surface area (Å²) in [6.07, 6.45) is 8.93. The van der Waals surface area contributed by atoms with Gasteiger partial charge in [0, 0.05) is 48.1 Å². The third kappa shape index (κ3) is 4.15. The van der Waals surface area contributed by atoms with Gasteiger partial charge in [-0.05, 0) is 63.5 Å². The molecule has 2 saturated carbocycles. The molecule has 3 fully saturated rings. The number of aryl methyl sites for hydroxylation is 1. The van der Waals surface area contributed by atoms with Crippen LogP contribution >= 0.6 is 0 Å². The van der Waals surface area contributed by atoms with Crippen LogP contribution in [0.5, 0.6) is 0 Å². The van der Waals surface area contributed by atoms with Crippen molar-refractivity contribution in [3.05, 3.63) is 41.5 Å².